The molecule has 1 saturated heterocycles. The number of nitrogens with zero attached hydrogens (tertiary/aromatic N) is 2. The Bertz CT molecular complexity index is 935. The molecule has 132 valence electrons. The van der Waals surface area contributed by atoms with E-state index in [2.05, 4.69) is 15.3 Å². The average molecular weight is 348 g/mol. The lowest BCUT2D eigenvalue weighted by Crippen LogP contribution is -2.37. The molecule has 0 bridgehead atoms. The molecule has 2 aromatic heterocycles. The molecule has 1 fully saturated rings. The molecule has 1 aliphatic heterocycles. The van der Waals surface area contributed by atoms with Crippen molar-refractivity contribution in [2.45, 2.75) is 18.9 Å². The number of benzene rings is 1. The van der Waals surface area contributed by atoms with Gasteiger partial charge >= 0.3 is 0 Å². The van der Waals surface area contributed by atoms with Gasteiger partial charge in [-0.15, -0.1) is 0 Å². The smallest absolute Gasteiger partial charge is 0.227 e. The molecular formula is C20H20N4O2. The summed E-state index contributed by atoms with van der Waals surface area (Å²) in [6, 6.07) is 13.3. The normalized spacial score (nSPS) is 17.8. The van der Waals surface area contributed by atoms with Crippen LogP contribution >= 0.6 is 0 Å². The zero-order valence-corrected chi connectivity index (χ0v) is 14.3. The molecule has 0 spiro atoms. The minimum Gasteiger partial charge on any atom is -0.354 e. The largest absolute Gasteiger partial charge is 0.354 e. The van der Waals surface area contributed by atoms with E-state index in [1.54, 1.807) is 6.20 Å². The monoisotopic (exact) mass is 348 g/mol. The average Bonchev–Trinajstić information content (AvgIpc) is 2.96. The summed E-state index contributed by atoms with van der Waals surface area (Å²) in [5, 5.41) is 3.83. The number of H-pyrrole nitrogens is 1. The highest BCUT2D eigenvalue weighted by molar-refractivity contribution is 5.88. The van der Waals surface area contributed by atoms with Gasteiger partial charge in [-0.25, -0.2) is 4.98 Å². The molecule has 0 saturated carbocycles. The highest BCUT2D eigenvalue weighted by atomic mass is 16.2. The Kier molecular flexibility index (Phi) is 4.39. The van der Waals surface area contributed by atoms with Crippen LogP contribution in [-0.2, 0) is 16.0 Å². The number of rotatable bonds is 3. The van der Waals surface area contributed by atoms with Gasteiger partial charge < -0.3 is 15.2 Å². The van der Waals surface area contributed by atoms with Crippen LogP contribution in [0.2, 0.25) is 0 Å². The number of carbonyl (C=O) groups is 2. The van der Waals surface area contributed by atoms with Crippen molar-refractivity contribution in [3.63, 3.8) is 0 Å². The van der Waals surface area contributed by atoms with E-state index in [4.69, 9.17) is 0 Å². The summed E-state index contributed by atoms with van der Waals surface area (Å²) in [5.74, 6) is -0.00875. The van der Waals surface area contributed by atoms with Crippen molar-refractivity contribution in [3.8, 4) is 0 Å². The first kappa shape index (κ1) is 16.3. The van der Waals surface area contributed by atoms with Gasteiger partial charge in [-0.05, 0) is 23.3 Å². The summed E-state index contributed by atoms with van der Waals surface area (Å²) < 4.78 is 0. The maximum absolute atomic E-state index is 13.1. The van der Waals surface area contributed by atoms with E-state index in [1.165, 1.54) is 0 Å². The van der Waals surface area contributed by atoms with Crippen LogP contribution in [-0.4, -0.2) is 39.8 Å². The number of hydrogen-bond acceptors (Lipinski definition) is 3. The second-order valence-corrected chi connectivity index (χ2v) is 6.46. The van der Waals surface area contributed by atoms with E-state index in [0.29, 0.717) is 13.1 Å². The van der Waals surface area contributed by atoms with Gasteiger partial charge in [-0.1, -0.05) is 30.3 Å². The fourth-order valence-corrected chi connectivity index (χ4v) is 3.52. The molecule has 0 aliphatic carbocycles. The topological polar surface area (TPSA) is 78.1 Å². The molecule has 3 heterocycles. The molecule has 6 nitrogen and oxygen atoms in total. The lowest BCUT2D eigenvalue weighted by Gasteiger charge is -2.29. The molecule has 4 rings (SSSR count). The minimum absolute atomic E-state index is 0.0140. The number of amides is 2. The van der Waals surface area contributed by atoms with Gasteiger partial charge in [-0.2, -0.15) is 0 Å². The summed E-state index contributed by atoms with van der Waals surface area (Å²) in [6.45, 7) is 0.980. The highest BCUT2D eigenvalue weighted by Gasteiger charge is 2.29. The lowest BCUT2D eigenvalue weighted by molar-refractivity contribution is -0.133. The molecule has 2 N–H and O–H groups in total. The van der Waals surface area contributed by atoms with E-state index in [9.17, 15) is 9.59 Å². The van der Waals surface area contributed by atoms with Crippen LogP contribution in [0.3, 0.4) is 0 Å². The number of aromatic amines is 1. The molecule has 26 heavy (non-hydrogen) atoms. The molecule has 2 amide bonds. The molecule has 1 aliphatic rings. The third kappa shape index (κ3) is 3.18. The van der Waals surface area contributed by atoms with Crippen LogP contribution in [0.1, 0.15) is 23.6 Å². The summed E-state index contributed by atoms with van der Waals surface area (Å²) in [6.07, 6.45) is 4.13. The van der Waals surface area contributed by atoms with Crippen LogP contribution in [0, 0.1) is 0 Å². The second kappa shape index (κ2) is 7.00. The summed E-state index contributed by atoms with van der Waals surface area (Å²) >= 11 is 0. The maximum atomic E-state index is 13.1. The fourth-order valence-electron chi connectivity index (χ4n) is 3.52. The number of pyridine rings is 1. The molecule has 6 heteroatoms. The van der Waals surface area contributed by atoms with Crippen molar-refractivity contribution in [2.24, 2.45) is 0 Å². The van der Waals surface area contributed by atoms with Gasteiger partial charge in [0.1, 0.15) is 5.65 Å². The van der Waals surface area contributed by atoms with Gasteiger partial charge in [0.25, 0.3) is 0 Å². The van der Waals surface area contributed by atoms with Crippen LogP contribution in [0.25, 0.3) is 11.0 Å². The molecule has 1 aromatic carbocycles. The van der Waals surface area contributed by atoms with Gasteiger partial charge in [0.2, 0.25) is 11.8 Å². The fraction of sp³-hybridized carbons (Fsp3) is 0.250. The molecule has 3 aromatic rings. The standard InChI is InChI=1S/C20H20N4O2/c25-18-12-17(14-5-2-1-3-6-14)24(10-9-21-18)19(26)11-15-13-23-20-16(15)7-4-8-22-20/h1-8,13,17H,9-12H2,(H,21,25)(H,22,23). The van der Waals surface area contributed by atoms with Gasteiger partial charge in [0.05, 0.1) is 18.9 Å². The zero-order chi connectivity index (χ0) is 17.9. The first-order valence-electron chi connectivity index (χ1n) is 8.74. The van der Waals surface area contributed by atoms with Crippen LogP contribution in [0.15, 0.2) is 54.9 Å². The Morgan fingerprint density at radius 3 is 2.88 bits per heavy atom. The number of carbonyl (C=O) groups excluding carboxylic acids is 2. The Morgan fingerprint density at radius 2 is 2.04 bits per heavy atom. The van der Waals surface area contributed by atoms with Crippen LogP contribution in [0.4, 0.5) is 0 Å². The van der Waals surface area contributed by atoms with Crippen molar-refractivity contribution in [1.82, 2.24) is 20.2 Å². The minimum atomic E-state index is -0.241. The van der Waals surface area contributed by atoms with Gasteiger partial charge in [-0.3, -0.25) is 9.59 Å². The summed E-state index contributed by atoms with van der Waals surface area (Å²) in [4.78, 5) is 34.4. The molecule has 1 atom stereocenters. The Balaban J connectivity index is 1.62. The van der Waals surface area contributed by atoms with Crippen molar-refractivity contribution < 1.29 is 9.59 Å². The van der Waals surface area contributed by atoms with Crippen molar-refractivity contribution >= 4 is 22.8 Å². The number of hydrogen-bond donors (Lipinski definition) is 2. The van der Waals surface area contributed by atoms with E-state index in [1.807, 2.05) is 53.6 Å². The Morgan fingerprint density at radius 1 is 1.19 bits per heavy atom. The predicted octanol–water partition coefficient (Wildman–Crippen LogP) is 2.20. The number of fused-ring (bicyclic) bond motifs is 1. The predicted molar refractivity (Wildman–Crippen MR) is 98.3 cm³/mol. The summed E-state index contributed by atoms with van der Waals surface area (Å²) in [5.41, 5.74) is 2.69. The third-order valence-electron chi connectivity index (χ3n) is 4.81. The van der Waals surface area contributed by atoms with E-state index < -0.39 is 0 Å². The van der Waals surface area contributed by atoms with E-state index >= 15 is 0 Å². The molecule has 0 radical (unpaired) electrons. The Hall–Kier alpha value is -3.15. The Labute approximate surface area is 151 Å². The molecule has 1 unspecified atom stereocenters. The van der Waals surface area contributed by atoms with E-state index in [-0.39, 0.29) is 30.7 Å². The lowest BCUT2D eigenvalue weighted by atomic mass is 10.0. The maximum Gasteiger partial charge on any atom is 0.227 e. The zero-order valence-electron chi connectivity index (χ0n) is 14.3. The van der Waals surface area contributed by atoms with Crippen molar-refractivity contribution in [2.75, 3.05) is 13.1 Å². The van der Waals surface area contributed by atoms with Gasteiger partial charge in [0.15, 0.2) is 0 Å². The van der Waals surface area contributed by atoms with Crippen LogP contribution < -0.4 is 5.32 Å². The first-order valence-corrected chi connectivity index (χ1v) is 8.74. The van der Waals surface area contributed by atoms with Crippen molar-refractivity contribution in [3.05, 3.63) is 66.0 Å². The second-order valence-electron chi connectivity index (χ2n) is 6.46. The number of aromatic nitrogens is 2. The summed E-state index contributed by atoms with van der Waals surface area (Å²) in [7, 11) is 0. The molecular weight excluding hydrogens is 328 g/mol. The first-order chi connectivity index (χ1) is 12.7. The third-order valence-corrected chi connectivity index (χ3v) is 4.81. The SMILES string of the molecule is O=C1CC(c2ccccc2)N(C(=O)Cc2c[nH]c3ncccc23)CCN1. The van der Waals surface area contributed by atoms with E-state index in [0.717, 1.165) is 22.2 Å². The van der Waals surface area contributed by atoms with Gasteiger partial charge in [0, 0.05) is 30.9 Å². The van der Waals surface area contributed by atoms with Crippen molar-refractivity contribution in [1.29, 1.82) is 0 Å². The number of nitrogens with one attached hydrogen (secondary N) is 2. The quantitative estimate of drug-likeness (QED) is 0.762. The van der Waals surface area contributed by atoms with Crippen LogP contribution in [0.5, 0.6) is 0 Å². The highest BCUT2D eigenvalue weighted by Crippen LogP contribution is 2.27.